The maximum Gasteiger partial charge on any atom is 0.230 e. The first-order valence-corrected chi connectivity index (χ1v) is 9.61. The van der Waals surface area contributed by atoms with Gasteiger partial charge in [-0.3, -0.25) is 14.8 Å². The minimum absolute atomic E-state index is 0.112. The van der Waals surface area contributed by atoms with Gasteiger partial charge in [0, 0.05) is 25.0 Å². The number of hydrogen-bond donors (Lipinski definition) is 3. The Labute approximate surface area is 148 Å². The van der Waals surface area contributed by atoms with E-state index in [0.717, 1.165) is 31.0 Å². The molecule has 0 aromatic carbocycles. The van der Waals surface area contributed by atoms with Crippen LogP contribution in [0.5, 0.6) is 0 Å². The molecule has 1 amide bonds. The molecule has 0 spiro atoms. The molecule has 10 heteroatoms. The van der Waals surface area contributed by atoms with Gasteiger partial charge in [-0.2, -0.15) is 0 Å². The predicted octanol–water partition coefficient (Wildman–Crippen LogP) is 0.413. The SMILES string of the molecule is Cc1nc(SCC(=O)N[C@@H]2CCN(Cc3cscn3)C[C@H]2O)n[nH]1. The predicted molar refractivity (Wildman–Crippen MR) is 91.8 cm³/mol. The standard InChI is InChI=1S/C14H20N6O2S2/c1-9-16-14(19-18-9)24-7-13(22)17-11-2-3-20(5-12(11)21)4-10-6-23-8-15-10/h6,8,11-12,21H,2-5,7H2,1H3,(H,17,22)(H,16,18,19)/t11-,12-/m1/s1. The molecule has 2 aromatic rings. The van der Waals surface area contributed by atoms with E-state index < -0.39 is 6.10 Å². The van der Waals surface area contributed by atoms with Gasteiger partial charge in [-0.25, -0.2) is 9.97 Å². The van der Waals surface area contributed by atoms with Crippen LogP contribution in [0.2, 0.25) is 0 Å². The number of rotatable bonds is 6. The number of thiazole rings is 1. The monoisotopic (exact) mass is 368 g/mol. The molecule has 0 saturated carbocycles. The molecule has 24 heavy (non-hydrogen) atoms. The normalized spacial score (nSPS) is 21.8. The lowest BCUT2D eigenvalue weighted by atomic mass is 10.0. The smallest absolute Gasteiger partial charge is 0.230 e. The number of aliphatic hydroxyl groups excluding tert-OH is 1. The first-order chi connectivity index (χ1) is 11.6. The van der Waals surface area contributed by atoms with Crippen LogP contribution in [0.4, 0.5) is 0 Å². The van der Waals surface area contributed by atoms with Crippen molar-refractivity contribution in [2.24, 2.45) is 0 Å². The molecule has 130 valence electrons. The van der Waals surface area contributed by atoms with Crippen molar-refractivity contribution < 1.29 is 9.90 Å². The Bertz CT molecular complexity index is 662. The van der Waals surface area contributed by atoms with E-state index in [1.165, 1.54) is 11.8 Å². The minimum Gasteiger partial charge on any atom is -0.390 e. The highest BCUT2D eigenvalue weighted by atomic mass is 32.2. The van der Waals surface area contributed by atoms with Crippen LogP contribution in [0.25, 0.3) is 0 Å². The largest absolute Gasteiger partial charge is 0.390 e. The molecule has 0 radical (unpaired) electrons. The Morgan fingerprint density at radius 3 is 3.17 bits per heavy atom. The fourth-order valence-corrected chi connectivity index (χ4v) is 3.82. The van der Waals surface area contributed by atoms with Crippen LogP contribution >= 0.6 is 23.1 Å². The number of amides is 1. The summed E-state index contributed by atoms with van der Waals surface area (Å²) in [5, 5.41) is 22.5. The van der Waals surface area contributed by atoms with E-state index in [1.807, 2.05) is 17.8 Å². The van der Waals surface area contributed by atoms with Crippen molar-refractivity contribution in [3.63, 3.8) is 0 Å². The van der Waals surface area contributed by atoms with Crippen LogP contribution in [0.1, 0.15) is 17.9 Å². The highest BCUT2D eigenvalue weighted by Crippen LogP contribution is 2.16. The summed E-state index contributed by atoms with van der Waals surface area (Å²) in [6.45, 7) is 3.91. The number of likely N-dealkylation sites (tertiary alicyclic amines) is 1. The van der Waals surface area contributed by atoms with E-state index in [2.05, 4.69) is 30.4 Å². The molecule has 0 bridgehead atoms. The maximum atomic E-state index is 12.0. The molecule has 0 unspecified atom stereocenters. The van der Waals surface area contributed by atoms with E-state index in [1.54, 1.807) is 11.3 Å². The lowest BCUT2D eigenvalue weighted by Crippen LogP contribution is -2.54. The molecule has 3 N–H and O–H groups in total. The summed E-state index contributed by atoms with van der Waals surface area (Å²) in [5.74, 6) is 0.850. The van der Waals surface area contributed by atoms with Crippen molar-refractivity contribution in [3.8, 4) is 0 Å². The highest BCUT2D eigenvalue weighted by molar-refractivity contribution is 7.99. The summed E-state index contributed by atoms with van der Waals surface area (Å²) in [6.07, 6.45) is 0.152. The summed E-state index contributed by atoms with van der Waals surface area (Å²) < 4.78 is 0. The zero-order valence-corrected chi connectivity index (χ0v) is 14.9. The average Bonchev–Trinajstić information content (AvgIpc) is 3.20. The van der Waals surface area contributed by atoms with Gasteiger partial charge in [0.05, 0.1) is 29.1 Å². The number of nitrogens with one attached hydrogen (secondary N) is 2. The number of aryl methyl sites for hydroxylation is 1. The van der Waals surface area contributed by atoms with E-state index in [4.69, 9.17) is 0 Å². The number of H-pyrrole nitrogens is 1. The Balaban J connectivity index is 1.42. The third-order valence-corrected chi connectivity index (χ3v) is 5.27. The van der Waals surface area contributed by atoms with Gasteiger partial charge in [-0.15, -0.1) is 16.4 Å². The molecule has 3 rings (SSSR count). The molecule has 2 aromatic heterocycles. The Morgan fingerprint density at radius 2 is 2.50 bits per heavy atom. The van der Waals surface area contributed by atoms with Gasteiger partial charge in [-0.05, 0) is 13.3 Å². The topological polar surface area (TPSA) is 107 Å². The van der Waals surface area contributed by atoms with Crippen LogP contribution in [-0.2, 0) is 11.3 Å². The van der Waals surface area contributed by atoms with Gasteiger partial charge in [-0.1, -0.05) is 11.8 Å². The molecular formula is C14H20N6O2S2. The highest BCUT2D eigenvalue weighted by Gasteiger charge is 2.29. The summed E-state index contributed by atoms with van der Waals surface area (Å²) in [7, 11) is 0. The van der Waals surface area contributed by atoms with Crippen LogP contribution in [0.3, 0.4) is 0 Å². The number of piperidine rings is 1. The number of thioether (sulfide) groups is 1. The van der Waals surface area contributed by atoms with E-state index >= 15 is 0 Å². The number of nitrogens with zero attached hydrogens (tertiary/aromatic N) is 4. The summed E-state index contributed by atoms with van der Waals surface area (Å²) in [5.41, 5.74) is 2.83. The number of carbonyl (C=O) groups is 1. The fraction of sp³-hybridized carbons (Fsp3) is 0.571. The van der Waals surface area contributed by atoms with Gasteiger partial charge in [0.15, 0.2) is 0 Å². The first kappa shape index (κ1) is 17.3. The van der Waals surface area contributed by atoms with Crippen LogP contribution in [-0.4, -0.2) is 67.1 Å². The van der Waals surface area contributed by atoms with Crippen molar-refractivity contribution in [3.05, 3.63) is 22.4 Å². The second-order valence-corrected chi connectivity index (χ2v) is 7.40. The summed E-state index contributed by atoms with van der Waals surface area (Å²) in [6, 6.07) is -0.210. The minimum atomic E-state index is -0.572. The number of aliphatic hydroxyl groups is 1. The Morgan fingerprint density at radius 1 is 1.62 bits per heavy atom. The zero-order chi connectivity index (χ0) is 16.9. The van der Waals surface area contributed by atoms with Crippen molar-refractivity contribution in [1.82, 2.24) is 30.4 Å². The number of hydrogen-bond acceptors (Lipinski definition) is 8. The molecule has 1 aliphatic heterocycles. The van der Waals surface area contributed by atoms with Crippen molar-refractivity contribution in [1.29, 1.82) is 0 Å². The third kappa shape index (κ3) is 4.76. The third-order valence-electron chi connectivity index (χ3n) is 3.79. The number of aromatic amines is 1. The maximum absolute atomic E-state index is 12.0. The summed E-state index contributed by atoms with van der Waals surface area (Å²) >= 11 is 2.85. The second kappa shape index (κ2) is 8.06. The van der Waals surface area contributed by atoms with Crippen molar-refractivity contribution >= 4 is 29.0 Å². The van der Waals surface area contributed by atoms with Gasteiger partial charge >= 0.3 is 0 Å². The van der Waals surface area contributed by atoms with E-state index in [-0.39, 0.29) is 17.7 Å². The van der Waals surface area contributed by atoms with Crippen LogP contribution < -0.4 is 5.32 Å². The fourth-order valence-electron chi connectivity index (χ4n) is 2.62. The molecule has 8 nitrogen and oxygen atoms in total. The molecule has 1 aliphatic rings. The van der Waals surface area contributed by atoms with Crippen molar-refractivity contribution in [2.45, 2.75) is 37.2 Å². The van der Waals surface area contributed by atoms with Crippen LogP contribution in [0, 0.1) is 6.92 Å². The second-order valence-electron chi connectivity index (χ2n) is 5.74. The summed E-state index contributed by atoms with van der Waals surface area (Å²) in [4.78, 5) is 22.6. The Kier molecular flexibility index (Phi) is 5.82. The molecular weight excluding hydrogens is 348 g/mol. The molecule has 2 atom stereocenters. The quantitative estimate of drug-likeness (QED) is 0.634. The van der Waals surface area contributed by atoms with Crippen molar-refractivity contribution in [2.75, 3.05) is 18.8 Å². The van der Waals surface area contributed by atoms with Gasteiger partial charge in [0.2, 0.25) is 11.1 Å². The molecule has 1 fully saturated rings. The van der Waals surface area contributed by atoms with Gasteiger partial charge in [0.25, 0.3) is 0 Å². The number of aromatic nitrogens is 4. The molecule has 0 aliphatic carbocycles. The first-order valence-electron chi connectivity index (χ1n) is 7.69. The lowest BCUT2D eigenvalue weighted by Gasteiger charge is -2.35. The van der Waals surface area contributed by atoms with Gasteiger partial charge < -0.3 is 10.4 Å². The van der Waals surface area contributed by atoms with E-state index in [9.17, 15) is 9.90 Å². The molecule has 1 saturated heterocycles. The number of carbonyl (C=O) groups excluding carboxylic acids is 1. The zero-order valence-electron chi connectivity index (χ0n) is 13.3. The lowest BCUT2D eigenvalue weighted by molar-refractivity contribution is -0.120. The number of β-amino-alcohol motifs (C(OH)–C–C–N with tert-alkyl or cyclic N) is 1. The van der Waals surface area contributed by atoms with Gasteiger partial charge in [0.1, 0.15) is 5.82 Å². The van der Waals surface area contributed by atoms with E-state index in [0.29, 0.717) is 11.7 Å². The van der Waals surface area contributed by atoms with Crippen LogP contribution in [0.15, 0.2) is 16.0 Å². The Hall–Kier alpha value is -1.49. The molecule has 3 heterocycles. The average molecular weight is 368 g/mol.